The summed E-state index contributed by atoms with van der Waals surface area (Å²) in [5, 5.41) is 13.2. The number of ketones is 1. The molecule has 0 aliphatic carbocycles. The molecular formula is C65H107N7O7S. The van der Waals surface area contributed by atoms with Crippen molar-refractivity contribution in [3.63, 3.8) is 0 Å². The van der Waals surface area contributed by atoms with Gasteiger partial charge in [0.05, 0.1) is 16.3 Å². The summed E-state index contributed by atoms with van der Waals surface area (Å²) in [6.07, 6.45) is 24.3. The lowest BCUT2D eigenvalue weighted by Gasteiger charge is -2.35. The second kappa shape index (κ2) is 53.2. The Balaban J connectivity index is 0.00000108. The van der Waals surface area contributed by atoms with Crippen molar-refractivity contribution in [2.75, 3.05) is 78.8 Å². The summed E-state index contributed by atoms with van der Waals surface area (Å²) in [6, 6.07) is 37.7. The number of ether oxygens (including phenoxy) is 2. The second-order valence-corrected chi connectivity index (χ2v) is 21.3. The Hall–Kier alpha value is -5.16. The Labute approximate surface area is 488 Å². The molecule has 0 fully saturated rings. The van der Waals surface area contributed by atoms with Gasteiger partial charge in [0.25, 0.3) is 12.2 Å². The molecule has 0 bridgehead atoms. The van der Waals surface area contributed by atoms with Crippen LogP contribution in [-0.2, 0) is 19.1 Å². The SMILES string of the molecule is CCCCCCC(=O)CCCC.CCCCCCCN(C)CCN.CCCCCCCN(C)CCNC(=O)Oc1ccc([N+](=O)[O-])cc1.NCCN.O=COCCCCCSC(c1ccccc1)(c1ccccc1)c1ccccc1. The van der Waals surface area contributed by atoms with E-state index in [1.54, 1.807) is 0 Å². The summed E-state index contributed by atoms with van der Waals surface area (Å²) < 4.78 is 9.62. The first-order valence-electron chi connectivity index (χ1n) is 30.0. The summed E-state index contributed by atoms with van der Waals surface area (Å²) in [7, 11) is 4.18. The number of nitro benzene ring substituents is 1. The molecule has 4 aromatic rings. The van der Waals surface area contributed by atoms with E-state index in [0.717, 1.165) is 83.3 Å². The highest BCUT2D eigenvalue weighted by Crippen LogP contribution is 2.48. The van der Waals surface area contributed by atoms with Crippen molar-refractivity contribution in [3.8, 4) is 5.75 Å². The van der Waals surface area contributed by atoms with Crippen LogP contribution in [0.1, 0.15) is 179 Å². The number of non-ortho nitro benzene ring substituents is 1. The topological polar surface area (TPSA) is 209 Å². The van der Waals surface area contributed by atoms with Gasteiger partial charge in [0, 0.05) is 64.2 Å². The standard InChI is InChI=1S/C25H26O2S.C17H27N3O4.C11H22O.C10H24N2.C2H8N2/c26-21-27-19-11-4-12-20-28-25(22-13-5-1-6-14-22,23-15-7-2-8-16-23)24-17-9-3-10-18-24;1-3-4-5-6-7-13-19(2)14-12-18-17(21)24-16-10-8-15(9-11-16)20(22)23;1-3-5-7-8-10-11(12)9-6-4-2;1-3-4-5-6-7-9-12(2)10-8-11;3-1-2-4/h1-3,5-10,13-18,21H,4,11-12,19-20H2;8-11H,3-7,12-14H2,1-2H3,(H,18,21);3-10H2,1-2H3;3-11H2,1-2H3;1-4H2. The number of hydrogen-bond donors (Lipinski definition) is 4. The van der Waals surface area contributed by atoms with Gasteiger partial charge in [0.1, 0.15) is 11.5 Å². The number of nitrogens with zero attached hydrogens (tertiary/aromatic N) is 3. The Morgan fingerprint density at radius 3 is 1.44 bits per heavy atom. The molecule has 1 amide bonds. The second-order valence-electron chi connectivity index (χ2n) is 20.0. The fourth-order valence-electron chi connectivity index (χ4n) is 8.30. The number of thioether (sulfide) groups is 1. The van der Waals surface area contributed by atoms with E-state index in [1.807, 2.05) is 18.8 Å². The Morgan fingerprint density at radius 1 is 0.562 bits per heavy atom. The van der Waals surface area contributed by atoms with Crippen LogP contribution in [0.2, 0.25) is 0 Å². The van der Waals surface area contributed by atoms with Gasteiger partial charge in [-0.3, -0.25) is 19.7 Å². The normalized spacial score (nSPS) is 10.6. The van der Waals surface area contributed by atoms with Crippen LogP contribution in [0.15, 0.2) is 115 Å². The number of hydrogen-bond acceptors (Lipinski definition) is 13. The average Bonchev–Trinajstić information content (AvgIpc) is 3.55. The van der Waals surface area contributed by atoms with Crippen LogP contribution in [0.3, 0.4) is 0 Å². The van der Waals surface area contributed by atoms with Crippen LogP contribution in [-0.4, -0.2) is 112 Å². The first kappa shape index (κ1) is 74.8. The number of Topliss-reactive ketones (excluding diaryl/α,β-unsaturated/α-hetero) is 1. The number of benzene rings is 4. The van der Waals surface area contributed by atoms with Gasteiger partial charge in [-0.2, -0.15) is 0 Å². The van der Waals surface area contributed by atoms with Gasteiger partial charge in [0.2, 0.25) is 0 Å². The number of nitrogens with two attached hydrogens (primary N) is 3. The first-order chi connectivity index (χ1) is 38.9. The third kappa shape index (κ3) is 38.5. The zero-order valence-electron chi connectivity index (χ0n) is 50.3. The summed E-state index contributed by atoms with van der Waals surface area (Å²) in [4.78, 5) is 47.6. The lowest BCUT2D eigenvalue weighted by Crippen LogP contribution is -2.35. The molecule has 15 heteroatoms. The third-order valence-electron chi connectivity index (χ3n) is 12.9. The van der Waals surface area contributed by atoms with E-state index in [9.17, 15) is 24.5 Å². The number of likely N-dealkylation sites (N-methyl/N-ethyl adjacent to an activating group) is 2. The Kier molecular flexibility index (Phi) is 49.7. The zero-order valence-corrected chi connectivity index (χ0v) is 51.1. The highest BCUT2D eigenvalue weighted by Gasteiger charge is 2.36. The molecule has 450 valence electrons. The number of amides is 1. The molecule has 0 heterocycles. The third-order valence-corrected chi connectivity index (χ3v) is 14.6. The number of rotatable bonds is 39. The molecule has 0 aromatic heterocycles. The fraction of sp³-hybridized carbons (Fsp3) is 0.585. The van der Waals surface area contributed by atoms with Crippen LogP contribution in [0.25, 0.3) is 0 Å². The predicted molar refractivity (Wildman–Crippen MR) is 338 cm³/mol. The summed E-state index contributed by atoms with van der Waals surface area (Å²) in [5.41, 5.74) is 19.1. The minimum Gasteiger partial charge on any atom is -0.468 e. The highest BCUT2D eigenvalue weighted by molar-refractivity contribution is 8.00. The number of carbonyl (C=O) groups excluding carboxylic acids is 3. The van der Waals surface area contributed by atoms with Gasteiger partial charge < -0.3 is 41.8 Å². The monoisotopic (exact) mass is 1130 g/mol. The summed E-state index contributed by atoms with van der Waals surface area (Å²) in [5.74, 6) is 1.77. The van der Waals surface area contributed by atoms with E-state index in [0.29, 0.717) is 38.5 Å². The van der Waals surface area contributed by atoms with E-state index in [2.05, 4.69) is 141 Å². The molecule has 0 saturated carbocycles. The molecule has 0 atom stereocenters. The van der Waals surface area contributed by atoms with Crippen LogP contribution in [0.4, 0.5) is 10.5 Å². The molecule has 0 unspecified atom stereocenters. The van der Waals surface area contributed by atoms with Gasteiger partial charge in [0.15, 0.2) is 0 Å². The lowest BCUT2D eigenvalue weighted by molar-refractivity contribution is -0.384. The zero-order chi connectivity index (χ0) is 59.2. The predicted octanol–water partition coefficient (Wildman–Crippen LogP) is 14.1. The summed E-state index contributed by atoms with van der Waals surface area (Å²) in [6.45, 7) is 16.3. The van der Waals surface area contributed by atoms with Gasteiger partial charge in [-0.1, -0.05) is 196 Å². The maximum atomic E-state index is 11.7. The molecule has 0 radical (unpaired) electrons. The molecular weight excluding hydrogens is 1020 g/mol. The molecule has 0 spiro atoms. The maximum Gasteiger partial charge on any atom is 0.412 e. The molecule has 0 aliphatic heterocycles. The maximum absolute atomic E-state index is 11.7. The smallest absolute Gasteiger partial charge is 0.412 e. The van der Waals surface area contributed by atoms with Crippen molar-refractivity contribution < 1.29 is 28.8 Å². The number of nitrogens with one attached hydrogen (secondary N) is 1. The van der Waals surface area contributed by atoms with Crippen molar-refractivity contribution in [1.82, 2.24) is 15.1 Å². The molecule has 80 heavy (non-hydrogen) atoms. The van der Waals surface area contributed by atoms with Crippen molar-refractivity contribution >= 4 is 35.8 Å². The van der Waals surface area contributed by atoms with E-state index >= 15 is 0 Å². The van der Waals surface area contributed by atoms with E-state index < -0.39 is 11.0 Å². The Bertz CT molecular complexity index is 1940. The van der Waals surface area contributed by atoms with Gasteiger partial charge in [-0.15, -0.1) is 11.8 Å². The molecule has 7 N–H and O–H groups in total. The highest BCUT2D eigenvalue weighted by atomic mass is 32.2. The number of carbonyl (C=O) groups is 3. The minimum atomic E-state index is -0.555. The van der Waals surface area contributed by atoms with Gasteiger partial charge in [-0.25, -0.2) is 4.79 Å². The van der Waals surface area contributed by atoms with Crippen molar-refractivity contribution in [1.29, 1.82) is 0 Å². The first-order valence-corrected chi connectivity index (χ1v) is 31.0. The van der Waals surface area contributed by atoms with Gasteiger partial charge >= 0.3 is 6.09 Å². The van der Waals surface area contributed by atoms with Crippen LogP contribution in [0, 0.1) is 10.1 Å². The summed E-state index contributed by atoms with van der Waals surface area (Å²) >= 11 is 1.98. The molecule has 0 aliphatic rings. The average molecular weight is 1130 g/mol. The van der Waals surface area contributed by atoms with E-state index in [4.69, 9.17) is 26.7 Å². The van der Waals surface area contributed by atoms with E-state index in [1.165, 1.54) is 131 Å². The number of nitro groups is 1. The molecule has 0 saturated heterocycles. The molecule has 4 rings (SSSR count). The fourth-order valence-corrected chi connectivity index (χ4v) is 9.86. The van der Waals surface area contributed by atoms with Crippen molar-refractivity contribution in [3.05, 3.63) is 142 Å². The van der Waals surface area contributed by atoms with Crippen LogP contribution >= 0.6 is 11.8 Å². The minimum absolute atomic E-state index is 0.0386. The molecule has 4 aromatic carbocycles. The van der Waals surface area contributed by atoms with Crippen LogP contribution in [0.5, 0.6) is 5.75 Å². The quantitative estimate of drug-likeness (QED) is 0.0108. The van der Waals surface area contributed by atoms with Gasteiger partial charge in [-0.05, 0) is 107 Å². The largest absolute Gasteiger partial charge is 0.468 e. The van der Waals surface area contributed by atoms with Crippen molar-refractivity contribution in [2.45, 2.75) is 167 Å². The lowest BCUT2D eigenvalue weighted by atomic mass is 9.84. The molecule has 14 nitrogen and oxygen atoms in total. The van der Waals surface area contributed by atoms with Crippen LogP contribution < -0.4 is 27.3 Å². The number of unbranched alkanes of at least 4 members (excludes halogenated alkanes) is 14. The van der Waals surface area contributed by atoms with Crippen molar-refractivity contribution in [2.24, 2.45) is 17.2 Å². The van der Waals surface area contributed by atoms with E-state index in [-0.39, 0.29) is 16.2 Å². The Morgan fingerprint density at radius 2 is 1.00 bits per heavy atom.